The number of hydrogen-bond donors (Lipinski definition) is 0. The van der Waals surface area contributed by atoms with Gasteiger partial charge in [-0.2, -0.15) is 0 Å². The van der Waals surface area contributed by atoms with Crippen molar-refractivity contribution in [2.24, 2.45) is 0 Å². The quantitative estimate of drug-likeness (QED) is 0.576. The Kier molecular flexibility index (Phi) is 2.21. The van der Waals surface area contributed by atoms with Gasteiger partial charge in [-0.05, 0) is 24.6 Å². The molecule has 0 radical (unpaired) electrons. The average Bonchev–Trinajstić information content (AvgIpc) is 2.87. The second-order valence-electron chi connectivity index (χ2n) is 3.76. The molecule has 0 fully saturated rings. The molecular formula is C11H6ClN3O3. The van der Waals surface area contributed by atoms with Crippen molar-refractivity contribution in [2.75, 3.05) is 0 Å². The van der Waals surface area contributed by atoms with Crippen molar-refractivity contribution in [3.63, 3.8) is 0 Å². The van der Waals surface area contributed by atoms with Crippen LogP contribution in [0.3, 0.4) is 0 Å². The van der Waals surface area contributed by atoms with E-state index in [1.807, 2.05) is 0 Å². The lowest BCUT2D eigenvalue weighted by atomic mass is 10.2. The zero-order valence-electron chi connectivity index (χ0n) is 9.18. The average molecular weight is 264 g/mol. The lowest BCUT2D eigenvalue weighted by Crippen LogP contribution is -2.09. The van der Waals surface area contributed by atoms with E-state index in [-0.39, 0.29) is 11.4 Å². The summed E-state index contributed by atoms with van der Waals surface area (Å²) in [5.74, 6) is -1.53. The molecular weight excluding hydrogens is 258 g/mol. The molecule has 3 rings (SSSR count). The summed E-state index contributed by atoms with van der Waals surface area (Å²) in [5.41, 5.74) is 1.28. The molecule has 1 aromatic heterocycles. The van der Waals surface area contributed by atoms with Gasteiger partial charge < -0.3 is 4.74 Å². The third-order valence-electron chi connectivity index (χ3n) is 2.71. The highest BCUT2D eigenvalue weighted by molar-refractivity contribution is 6.31. The Morgan fingerprint density at radius 1 is 1.28 bits per heavy atom. The molecule has 1 aromatic carbocycles. The minimum Gasteiger partial charge on any atom is -0.383 e. The van der Waals surface area contributed by atoms with E-state index < -0.39 is 11.9 Å². The van der Waals surface area contributed by atoms with Crippen LogP contribution in [0.1, 0.15) is 26.5 Å². The fraction of sp³-hybridized carbons (Fsp3) is 0.0909. The number of esters is 2. The van der Waals surface area contributed by atoms with Gasteiger partial charge in [0.25, 0.3) is 0 Å². The highest BCUT2D eigenvalue weighted by Crippen LogP contribution is 2.25. The van der Waals surface area contributed by atoms with Gasteiger partial charge in [0.15, 0.2) is 5.69 Å². The van der Waals surface area contributed by atoms with Gasteiger partial charge >= 0.3 is 11.9 Å². The molecule has 0 aliphatic carbocycles. The van der Waals surface area contributed by atoms with Gasteiger partial charge in [-0.25, -0.2) is 14.3 Å². The molecule has 0 amide bonds. The zero-order valence-corrected chi connectivity index (χ0v) is 9.93. The molecule has 2 aromatic rings. The Morgan fingerprint density at radius 2 is 2.06 bits per heavy atom. The van der Waals surface area contributed by atoms with Gasteiger partial charge in [-0.15, -0.1) is 5.10 Å². The predicted octanol–water partition coefficient (Wildman–Crippen LogP) is 1.54. The molecule has 2 heterocycles. The molecule has 6 nitrogen and oxygen atoms in total. The summed E-state index contributed by atoms with van der Waals surface area (Å²) in [7, 11) is 0. The Labute approximate surface area is 106 Å². The third-order valence-corrected chi connectivity index (χ3v) is 3.12. The smallest absolute Gasteiger partial charge is 0.369 e. The van der Waals surface area contributed by atoms with Crippen molar-refractivity contribution < 1.29 is 14.3 Å². The van der Waals surface area contributed by atoms with Crippen molar-refractivity contribution in [3.8, 4) is 5.69 Å². The number of fused-ring (bicyclic) bond motifs is 1. The van der Waals surface area contributed by atoms with E-state index in [2.05, 4.69) is 15.0 Å². The number of cyclic esters (lactones) is 2. The molecule has 0 atom stereocenters. The maximum atomic E-state index is 11.6. The second-order valence-corrected chi connectivity index (χ2v) is 4.17. The molecule has 0 saturated carbocycles. The summed E-state index contributed by atoms with van der Waals surface area (Å²) in [6.07, 6.45) is 0. The van der Waals surface area contributed by atoms with Gasteiger partial charge in [-0.1, -0.05) is 22.9 Å². The van der Waals surface area contributed by atoms with Crippen LogP contribution in [0.15, 0.2) is 18.2 Å². The first kappa shape index (κ1) is 10.9. The first-order valence-corrected chi connectivity index (χ1v) is 5.45. The minimum atomic E-state index is -0.777. The fourth-order valence-electron chi connectivity index (χ4n) is 1.78. The summed E-state index contributed by atoms with van der Waals surface area (Å²) in [6.45, 7) is 1.79. The fourth-order valence-corrected chi connectivity index (χ4v) is 1.95. The summed E-state index contributed by atoms with van der Waals surface area (Å²) in [5, 5.41) is 7.98. The van der Waals surface area contributed by atoms with Gasteiger partial charge in [-0.3, -0.25) is 0 Å². The molecule has 0 N–H and O–H groups in total. The molecule has 0 saturated heterocycles. The number of hydrogen-bond acceptors (Lipinski definition) is 5. The largest absolute Gasteiger partial charge is 0.383 e. The van der Waals surface area contributed by atoms with E-state index in [1.165, 1.54) is 4.68 Å². The van der Waals surface area contributed by atoms with Gasteiger partial charge in [0.05, 0.1) is 5.69 Å². The van der Waals surface area contributed by atoms with Crippen molar-refractivity contribution >= 4 is 23.5 Å². The monoisotopic (exact) mass is 263 g/mol. The normalized spacial score (nSPS) is 13.7. The highest BCUT2D eigenvalue weighted by Gasteiger charge is 2.37. The van der Waals surface area contributed by atoms with Crippen LogP contribution in [-0.2, 0) is 4.74 Å². The van der Waals surface area contributed by atoms with E-state index in [9.17, 15) is 9.59 Å². The molecule has 1 aliphatic heterocycles. The lowest BCUT2D eigenvalue weighted by molar-refractivity contribution is 0.0434. The van der Waals surface area contributed by atoms with Crippen LogP contribution in [0, 0.1) is 6.92 Å². The molecule has 90 valence electrons. The Morgan fingerprint density at radius 3 is 2.83 bits per heavy atom. The molecule has 0 bridgehead atoms. The third kappa shape index (κ3) is 1.36. The first-order valence-electron chi connectivity index (χ1n) is 5.07. The van der Waals surface area contributed by atoms with Gasteiger partial charge in [0.1, 0.15) is 0 Å². The predicted molar refractivity (Wildman–Crippen MR) is 60.9 cm³/mol. The van der Waals surface area contributed by atoms with Crippen molar-refractivity contribution in [2.45, 2.75) is 6.92 Å². The number of ether oxygens (including phenoxy) is 1. The van der Waals surface area contributed by atoms with Crippen LogP contribution in [-0.4, -0.2) is 26.9 Å². The van der Waals surface area contributed by atoms with Crippen LogP contribution < -0.4 is 0 Å². The molecule has 0 unspecified atom stereocenters. The minimum absolute atomic E-state index is 0.0327. The number of nitrogens with zero attached hydrogens (tertiary/aromatic N) is 3. The number of carbonyl (C=O) groups is 2. The van der Waals surface area contributed by atoms with Gasteiger partial charge in [0, 0.05) is 5.02 Å². The van der Waals surface area contributed by atoms with Crippen molar-refractivity contribution in [3.05, 3.63) is 40.2 Å². The van der Waals surface area contributed by atoms with Crippen LogP contribution in [0.25, 0.3) is 5.69 Å². The SMILES string of the molecule is Cc1c(Cl)cccc1-n1nnc2c1C(=O)OC2=O. The van der Waals surface area contributed by atoms with Crippen molar-refractivity contribution in [1.82, 2.24) is 15.0 Å². The molecule has 7 heteroatoms. The highest BCUT2D eigenvalue weighted by atomic mass is 35.5. The maximum absolute atomic E-state index is 11.6. The number of carbonyl (C=O) groups excluding carboxylic acids is 2. The number of rotatable bonds is 1. The van der Waals surface area contributed by atoms with Gasteiger partial charge in [0.2, 0.25) is 5.69 Å². The summed E-state index contributed by atoms with van der Waals surface area (Å²) < 4.78 is 5.74. The molecule has 18 heavy (non-hydrogen) atoms. The number of halogens is 1. The van der Waals surface area contributed by atoms with Crippen LogP contribution in [0.4, 0.5) is 0 Å². The molecule has 1 aliphatic rings. The van der Waals surface area contributed by atoms with Crippen LogP contribution >= 0.6 is 11.6 Å². The number of aromatic nitrogens is 3. The van der Waals surface area contributed by atoms with E-state index in [0.29, 0.717) is 10.7 Å². The second kappa shape index (κ2) is 3.64. The lowest BCUT2D eigenvalue weighted by Gasteiger charge is -2.07. The van der Waals surface area contributed by atoms with E-state index in [1.54, 1.807) is 25.1 Å². The Balaban J connectivity index is 2.26. The zero-order chi connectivity index (χ0) is 12.9. The molecule has 0 spiro atoms. The van der Waals surface area contributed by atoms with E-state index in [4.69, 9.17) is 11.6 Å². The first-order chi connectivity index (χ1) is 8.59. The summed E-state index contributed by atoms with van der Waals surface area (Å²) in [4.78, 5) is 22.8. The van der Waals surface area contributed by atoms with E-state index in [0.717, 1.165) is 5.56 Å². The van der Waals surface area contributed by atoms with Crippen molar-refractivity contribution in [1.29, 1.82) is 0 Å². The Bertz CT molecular complexity index is 693. The topological polar surface area (TPSA) is 74.1 Å². The van der Waals surface area contributed by atoms with Crippen LogP contribution in [0.5, 0.6) is 0 Å². The standard InChI is InChI=1S/C11H6ClN3O3/c1-5-6(12)3-2-4-7(5)15-9-8(13-14-15)10(16)18-11(9)17/h2-4H,1H3. The Hall–Kier alpha value is -2.21. The summed E-state index contributed by atoms with van der Waals surface area (Å²) in [6, 6.07) is 5.17. The summed E-state index contributed by atoms with van der Waals surface area (Å²) >= 11 is 6.00. The maximum Gasteiger partial charge on any atom is 0.369 e. The van der Waals surface area contributed by atoms with Crippen LogP contribution in [0.2, 0.25) is 5.02 Å². The number of benzene rings is 1. The van der Waals surface area contributed by atoms with E-state index >= 15 is 0 Å².